The Labute approximate surface area is 113 Å². The van der Waals surface area contributed by atoms with E-state index in [0.29, 0.717) is 12.5 Å². The highest BCUT2D eigenvalue weighted by Crippen LogP contribution is 2.12. The van der Waals surface area contributed by atoms with Gasteiger partial charge in [0.15, 0.2) is 0 Å². The lowest BCUT2D eigenvalue weighted by atomic mass is 9.99. The van der Waals surface area contributed by atoms with Crippen molar-refractivity contribution in [3.05, 3.63) is 0 Å². The number of ketones is 1. The van der Waals surface area contributed by atoms with E-state index in [1.165, 1.54) is 0 Å². The van der Waals surface area contributed by atoms with Crippen molar-refractivity contribution in [1.29, 1.82) is 0 Å². The number of nitrogens with one attached hydrogen (secondary N) is 2. The molecule has 2 N–H and O–H groups in total. The van der Waals surface area contributed by atoms with Gasteiger partial charge in [-0.3, -0.25) is 4.79 Å². The van der Waals surface area contributed by atoms with Crippen LogP contribution in [-0.4, -0.2) is 44.0 Å². The molecule has 2 fully saturated rings. The largest absolute Gasteiger partial charge is 0.460 e. The maximum atomic E-state index is 11.7. The number of esters is 1. The van der Waals surface area contributed by atoms with E-state index in [2.05, 4.69) is 10.6 Å². The summed E-state index contributed by atoms with van der Waals surface area (Å²) in [6.45, 7) is 3.15. The maximum Gasteiger partial charge on any atom is 0.376 e. The number of ether oxygens (including phenoxy) is 1. The molecule has 1 unspecified atom stereocenters. The third-order valence-electron chi connectivity index (χ3n) is 3.49. The lowest BCUT2D eigenvalue weighted by Gasteiger charge is -2.22. The van der Waals surface area contributed by atoms with Gasteiger partial charge in [0, 0.05) is 0 Å². The molecule has 18 heavy (non-hydrogen) atoms. The SMILES string of the molecule is Cl.O=C(OCC1CCNCC1)C(=O)C1CCCN1. The average molecular weight is 277 g/mol. The van der Waals surface area contributed by atoms with Crippen LogP contribution in [0.5, 0.6) is 0 Å². The molecule has 0 aromatic heterocycles. The van der Waals surface area contributed by atoms with Gasteiger partial charge in [0.1, 0.15) is 0 Å². The summed E-state index contributed by atoms with van der Waals surface area (Å²) in [6.07, 6.45) is 3.74. The van der Waals surface area contributed by atoms with Crippen molar-refractivity contribution in [2.24, 2.45) is 5.92 Å². The van der Waals surface area contributed by atoms with E-state index in [-0.39, 0.29) is 18.4 Å². The summed E-state index contributed by atoms with van der Waals surface area (Å²) in [7, 11) is 0. The maximum absolute atomic E-state index is 11.7. The first-order valence-electron chi connectivity index (χ1n) is 6.42. The molecule has 2 aliphatic heterocycles. The van der Waals surface area contributed by atoms with Gasteiger partial charge in [-0.2, -0.15) is 0 Å². The van der Waals surface area contributed by atoms with E-state index >= 15 is 0 Å². The second-order valence-corrected chi connectivity index (χ2v) is 4.81. The molecular weight excluding hydrogens is 256 g/mol. The number of hydrogen-bond acceptors (Lipinski definition) is 5. The number of hydrogen-bond donors (Lipinski definition) is 2. The Morgan fingerprint density at radius 1 is 1.11 bits per heavy atom. The van der Waals surface area contributed by atoms with Crippen molar-refractivity contribution >= 4 is 24.2 Å². The van der Waals surface area contributed by atoms with Gasteiger partial charge in [-0.15, -0.1) is 12.4 Å². The number of halogens is 1. The van der Waals surface area contributed by atoms with Crippen LogP contribution in [0.3, 0.4) is 0 Å². The van der Waals surface area contributed by atoms with Crippen molar-refractivity contribution in [1.82, 2.24) is 10.6 Å². The topological polar surface area (TPSA) is 67.4 Å². The Morgan fingerprint density at radius 2 is 1.83 bits per heavy atom. The van der Waals surface area contributed by atoms with Gasteiger partial charge in [-0.25, -0.2) is 4.79 Å². The lowest BCUT2D eigenvalue weighted by Crippen LogP contribution is -2.38. The fourth-order valence-electron chi connectivity index (χ4n) is 2.36. The minimum atomic E-state index is -0.664. The fourth-order valence-corrected chi connectivity index (χ4v) is 2.36. The standard InChI is InChI=1S/C12H20N2O3.ClH/c15-11(10-2-1-5-14-10)12(16)17-8-9-3-6-13-7-4-9;/h9-10,13-14H,1-8H2;1H. The Balaban J connectivity index is 0.00000162. The van der Waals surface area contributed by atoms with E-state index in [0.717, 1.165) is 45.3 Å². The molecule has 6 heteroatoms. The van der Waals surface area contributed by atoms with Crippen LogP contribution in [0.4, 0.5) is 0 Å². The van der Waals surface area contributed by atoms with E-state index in [9.17, 15) is 9.59 Å². The molecule has 2 saturated heterocycles. The van der Waals surface area contributed by atoms with Gasteiger partial charge in [-0.05, 0) is 51.2 Å². The second kappa shape index (κ2) is 7.71. The number of carbonyl (C=O) groups is 2. The molecule has 1 atom stereocenters. The van der Waals surface area contributed by atoms with E-state index < -0.39 is 11.8 Å². The van der Waals surface area contributed by atoms with E-state index in [1.54, 1.807) is 0 Å². The molecule has 0 aromatic rings. The third kappa shape index (κ3) is 4.23. The van der Waals surface area contributed by atoms with Crippen molar-refractivity contribution in [2.75, 3.05) is 26.2 Å². The summed E-state index contributed by atoms with van der Waals surface area (Å²) >= 11 is 0. The van der Waals surface area contributed by atoms with Crippen LogP contribution in [0.15, 0.2) is 0 Å². The first kappa shape index (κ1) is 15.4. The van der Waals surface area contributed by atoms with Crippen LogP contribution in [0.25, 0.3) is 0 Å². The van der Waals surface area contributed by atoms with Crippen LogP contribution in [0.1, 0.15) is 25.7 Å². The minimum Gasteiger partial charge on any atom is -0.460 e. The Morgan fingerprint density at radius 3 is 2.44 bits per heavy atom. The van der Waals surface area contributed by atoms with Crippen molar-refractivity contribution in [3.63, 3.8) is 0 Å². The van der Waals surface area contributed by atoms with Crippen molar-refractivity contribution in [3.8, 4) is 0 Å². The molecule has 0 aromatic carbocycles. The molecule has 0 spiro atoms. The van der Waals surface area contributed by atoms with Crippen LogP contribution in [0.2, 0.25) is 0 Å². The summed E-state index contributed by atoms with van der Waals surface area (Å²) < 4.78 is 5.10. The van der Waals surface area contributed by atoms with Crippen LogP contribution in [0, 0.1) is 5.92 Å². The molecule has 0 amide bonds. The van der Waals surface area contributed by atoms with Crippen LogP contribution < -0.4 is 10.6 Å². The highest BCUT2D eigenvalue weighted by molar-refractivity contribution is 6.35. The summed E-state index contributed by atoms with van der Waals surface area (Å²) in [5.41, 5.74) is 0. The zero-order valence-corrected chi connectivity index (χ0v) is 11.3. The number of Topliss-reactive ketones (excluding diaryl/α,β-unsaturated/α-hetero) is 1. The normalized spacial score (nSPS) is 24.3. The number of carbonyl (C=O) groups excluding carboxylic acids is 2. The summed E-state index contributed by atoms with van der Waals surface area (Å²) in [5, 5.41) is 6.27. The summed E-state index contributed by atoms with van der Waals surface area (Å²) in [6, 6.07) is -0.310. The van der Waals surface area contributed by atoms with Gasteiger partial charge >= 0.3 is 5.97 Å². The summed E-state index contributed by atoms with van der Waals surface area (Å²) in [4.78, 5) is 23.2. The zero-order chi connectivity index (χ0) is 12.1. The molecule has 0 bridgehead atoms. The number of rotatable bonds is 4. The van der Waals surface area contributed by atoms with E-state index in [4.69, 9.17) is 4.74 Å². The predicted octanol–water partition coefficient (Wildman–Crippen LogP) is 0.272. The smallest absolute Gasteiger partial charge is 0.376 e. The molecule has 2 rings (SSSR count). The predicted molar refractivity (Wildman–Crippen MR) is 69.8 cm³/mol. The van der Waals surface area contributed by atoms with Crippen molar-refractivity contribution in [2.45, 2.75) is 31.7 Å². The van der Waals surface area contributed by atoms with Gasteiger partial charge in [0.05, 0.1) is 12.6 Å². The van der Waals surface area contributed by atoms with Gasteiger partial charge in [-0.1, -0.05) is 0 Å². The quantitative estimate of drug-likeness (QED) is 0.570. The van der Waals surface area contributed by atoms with Crippen molar-refractivity contribution < 1.29 is 14.3 Å². The Hall–Kier alpha value is -0.650. The molecule has 0 radical (unpaired) electrons. The van der Waals surface area contributed by atoms with Gasteiger partial charge < -0.3 is 15.4 Å². The van der Waals surface area contributed by atoms with Gasteiger partial charge in [0.25, 0.3) is 5.78 Å². The van der Waals surface area contributed by atoms with Gasteiger partial charge in [0.2, 0.25) is 0 Å². The third-order valence-corrected chi connectivity index (χ3v) is 3.49. The monoisotopic (exact) mass is 276 g/mol. The van der Waals surface area contributed by atoms with Crippen LogP contribution >= 0.6 is 12.4 Å². The molecule has 2 heterocycles. The number of piperidine rings is 1. The highest BCUT2D eigenvalue weighted by atomic mass is 35.5. The second-order valence-electron chi connectivity index (χ2n) is 4.81. The van der Waals surface area contributed by atoms with Crippen LogP contribution in [-0.2, 0) is 14.3 Å². The molecule has 104 valence electrons. The fraction of sp³-hybridized carbons (Fsp3) is 0.833. The Bertz CT molecular complexity index is 287. The molecule has 0 aliphatic carbocycles. The minimum absolute atomic E-state index is 0. The average Bonchev–Trinajstić information content (AvgIpc) is 2.90. The first-order valence-corrected chi connectivity index (χ1v) is 6.42. The highest BCUT2D eigenvalue weighted by Gasteiger charge is 2.29. The first-order chi connectivity index (χ1) is 8.27. The van der Waals surface area contributed by atoms with E-state index in [1.807, 2.05) is 0 Å². The molecule has 0 saturated carbocycles. The zero-order valence-electron chi connectivity index (χ0n) is 10.4. The molecule has 2 aliphatic rings. The molecule has 5 nitrogen and oxygen atoms in total. The Kier molecular flexibility index (Phi) is 6.60. The molecular formula is C12H21ClN2O3. The summed E-state index contributed by atoms with van der Waals surface area (Å²) in [5.74, 6) is -0.663. The lowest BCUT2D eigenvalue weighted by molar-refractivity contribution is -0.155.